The quantitative estimate of drug-likeness (QED) is 0.620. The van der Waals surface area contributed by atoms with Crippen LogP contribution in [0.3, 0.4) is 0 Å². The van der Waals surface area contributed by atoms with Crippen molar-refractivity contribution < 1.29 is 13.6 Å². The average Bonchev–Trinajstić information content (AvgIpc) is 2.68. The van der Waals surface area contributed by atoms with Crippen LogP contribution in [0.25, 0.3) is 0 Å². The van der Waals surface area contributed by atoms with E-state index in [1.165, 1.54) is 12.1 Å². The molecule has 0 radical (unpaired) electrons. The molecule has 0 unspecified atom stereocenters. The van der Waals surface area contributed by atoms with Gasteiger partial charge in [-0.1, -0.05) is 6.07 Å². The second kappa shape index (κ2) is 5.75. The molecule has 2 nitrogen and oxygen atoms in total. The summed E-state index contributed by atoms with van der Waals surface area (Å²) in [5, 5.41) is 0. The van der Waals surface area contributed by atoms with Crippen LogP contribution < -0.4 is 0 Å². The summed E-state index contributed by atoms with van der Waals surface area (Å²) in [7, 11) is 0. The number of hydrogen-bond acceptors (Lipinski definition) is 1. The highest BCUT2D eigenvalue weighted by Crippen LogP contribution is 2.19. The topological polar surface area (TPSA) is 22.0 Å². The van der Waals surface area contributed by atoms with Gasteiger partial charge in [0.25, 0.3) is 0 Å². The molecular weight excluding hydrogens is 284 g/mol. The highest BCUT2D eigenvalue weighted by Gasteiger charge is 2.16. The molecule has 0 amide bonds. The largest absolute Gasteiger partial charge is 0.344 e. The van der Waals surface area contributed by atoms with E-state index in [2.05, 4.69) is 0 Å². The van der Waals surface area contributed by atoms with Crippen molar-refractivity contribution in [1.82, 2.24) is 4.57 Å². The molecule has 0 saturated heterocycles. The molecule has 0 aliphatic carbocycles. The normalized spacial score (nSPS) is 10.8. The van der Waals surface area contributed by atoms with Crippen LogP contribution in [0.4, 0.5) is 8.78 Å². The lowest BCUT2D eigenvalue weighted by Gasteiger charge is -2.10. The Balaban J connectivity index is 2.39. The van der Waals surface area contributed by atoms with Crippen LogP contribution in [0.1, 0.15) is 27.3 Å². The predicted molar refractivity (Wildman–Crippen MR) is 74.4 cm³/mol. The number of nitrogens with zero attached hydrogens (tertiary/aromatic N) is 1. The summed E-state index contributed by atoms with van der Waals surface area (Å²) in [6, 6.07) is 5.22. The molecular formula is C15H14ClF2NO. The number of carbonyl (C=O) groups is 1. The Morgan fingerprint density at radius 3 is 2.55 bits per heavy atom. The lowest BCUT2D eigenvalue weighted by atomic mass is 10.2. The number of aromatic nitrogens is 1. The number of benzene rings is 1. The van der Waals surface area contributed by atoms with Crippen molar-refractivity contribution in [1.29, 1.82) is 0 Å². The van der Waals surface area contributed by atoms with Crippen molar-refractivity contribution >= 4 is 17.4 Å². The van der Waals surface area contributed by atoms with Gasteiger partial charge in [0.05, 0.1) is 12.4 Å². The third-order valence-electron chi connectivity index (χ3n) is 3.34. The van der Waals surface area contributed by atoms with E-state index in [4.69, 9.17) is 11.6 Å². The Morgan fingerprint density at radius 2 is 1.95 bits per heavy atom. The number of carbonyl (C=O) groups excluding carboxylic acids is 1. The minimum absolute atomic E-state index is 0.0881. The van der Waals surface area contributed by atoms with E-state index >= 15 is 0 Å². The second-order valence-electron chi connectivity index (χ2n) is 4.66. The Kier molecular flexibility index (Phi) is 4.23. The van der Waals surface area contributed by atoms with E-state index in [0.29, 0.717) is 11.1 Å². The number of rotatable bonds is 4. The van der Waals surface area contributed by atoms with Crippen LogP contribution >= 0.6 is 11.6 Å². The maximum Gasteiger partial charge on any atom is 0.179 e. The number of halogens is 3. The third kappa shape index (κ3) is 2.75. The smallest absolute Gasteiger partial charge is 0.179 e. The number of alkyl halides is 1. The minimum Gasteiger partial charge on any atom is -0.344 e. The van der Waals surface area contributed by atoms with Crippen LogP contribution in [0.2, 0.25) is 0 Å². The molecule has 2 aromatic rings. The van der Waals surface area contributed by atoms with Crippen LogP contribution in [0.5, 0.6) is 0 Å². The van der Waals surface area contributed by atoms with E-state index in [-0.39, 0.29) is 18.2 Å². The first-order valence-electron chi connectivity index (χ1n) is 6.14. The van der Waals surface area contributed by atoms with Gasteiger partial charge in [0, 0.05) is 28.6 Å². The SMILES string of the molecule is Cc1cc(C(=O)CCl)c(C)n1Cc1ccc(F)cc1F. The van der Waals surface area contributed by atoms with Gasteiger partial charge in [0.2, 0.25) is 0 Å². The van der Waals surface area contributed by atoms with Gasteiger partial charge in [-0.2, -0.15) is 0 Å². The summed E-state index contributed by atoms with van der Waals surface area (Å²) in [4.78, 5) is 11.7. The van der Waals surface area contributed by atoms with Gasteiger partial charge in [-0.3, -0.25) is 4.79 Å². The van der Waals surface area contributed by atoms with Crippen molar-refractivity contribution in [2.24, 2.45) is 0 Å². The molecule has 106 valence electrons. The highest BCUT2D eigenvalue weighted by molar-refractivity contribution is 6.30. The summed E-state index contributed by atoms with van der Waals surface area (Å²) in [6.45, 7) is 3.87. The zero-order valence-electron chi connectivity index (χ0n) is 11.2. The minimum atomic E-state index is -0.606. The zero-order valence-corrected chi connectivity index (χ0v) is 12.0. The Hall–Kier alpha value is -1.68. The number of aryl methyl sites for hydroxylation is 1. The van der Waals surface area contributed by atoms with Gasteiger partial charge in [0.1, 0.15) is 11.6 Å². The van der Waals surface area contributed by atoms with Crippen molar-refractivity contribution in [3.8, 4) is 0 Å². The molecule has 5 heteroatoms. The van der Waals surface area contributed by atoms with Crippen LogP contribution in [-0.4, -0.2) is 16.2 Å². The van der Waals surface area contributed by atoms with Crippen LogP contribution in [-0.2, 0) is 6.54 Å². The predicted octanol–water partition coefficient (Wildman–Crippen LogP) is 3.85. The van der Waals surface area contributed by atoms with E-state index in [1.807, 2.05) is 11.5 Å². The molecule has 20 heavy (non-hydrogen) atoms. The highest BCUT2D eigenvalue weighted by atomic mass is 35.5. The fourth-order valence-electron chi connectivity index (χ4n) is 2.22. The summed E-state index contributed by atoms with van der Waals surface area (Å²) in [6.07, 6.45) is 0. The molecule has 0 spiro atoms. The molecule has 0 atom stereocenters. The van der Waals surface area contributed by atoms with Crippen molar-refractivity contribution in [2.45, 2.75) is 20.4 Å². The number of Topliss-reactive ketones (excluding diaryl/α,β-unsaturated/α-hetero) is 1. The Labute approximate surface area is 121 Å². The summed E-state index contributed by atoms with van der Waals surface area (Å²) >= 11 is 5.56. The monoisotopic (exact) mass is 297 g/mol. The second-order valence-corrected chi connectivity index (χ2v) is 4.93. The lowest BCUT2D eigenvalue weighted by Crippen LogP contribution is -2.08. The standard InChI is InChI=1S/C15H14ClF2NO/c1-9-5-13(15(20)7-16)10(2)19(9)8-11-3-4-12(17)6-14(11)18/h3-6H,7-8H2,1-2H3. The van der Waals surface area contributed by atoms with Crippen LogP contribution in [0, 0.1) is 25.5 Å². The Morgan fingerprint density at radius 1 is 1.25 bits per heavy atom. The fraction of sp³-hybridized carbons (Fsp3) is 0.267. The van der Waals surface area contributed by atoms with Crippen molar-refractivity contribution in [3.05, 3.63) is 58.4 Å². The fourth-order valence-corrected chi connectivity index (χ4v) is 2.36. The van der Waals surface area contributed by atoms with Crippen molar-refractivity contribution in [2.75, 3.05) is 5.88 Å². The number of hydrogen-bond donors (Lipinski definition) is 0. The van der Waals surface area contributed by atoms with E-state index in [0.717, 1.165) is 17.5 Å². The molecule has 0 aliphatic rings. The van der Waals surface area contributed by atoms with Crippen molar-refractivity contribution in [3.63, 3.8) is 0 Å². The third-order valence-corrected chi connectivity index (χ3v) is 3.58. The van der Waals surface area contributed by atoms with Crippen LogP contribution in [0.15, 0.2) is 24.3 Å². The average molecular weight is 298 g/mol. The maximum atomic E-state index is 13.7. The van der Waals surface area contributed by atoms with E-state index in [1.54, 1.807) is 13.0 Å². The van der Waals surface area contributed by atoms with Gasteiger partial charge in [-0.05, 0) is 26.0 Å². The van der Waals surface area contributed by atoms with Gasteiger partial charge in [-0.15, -0.1) is 11.6 Å². The Bertz CT molecular complexity index is 664. The maximum absolute atomic E-state index is 13.7. The molecule has 0 bridgehead atoms. The first-order valence-corrected chi connectivity index (χ1v) is 6.67. The molecule has 0 aliphatic heterocycles. The first-order chi connectivity index (χ1) is 9.43. The zero-order chi connectivity index (χ0) is 14.9. The van der Waals surface area contributed by atoms with Gasteiger partial charge in [-0.25, -0.2) is 8.78 Å². The summed E-state index contributed by atoms with van der Waals surface area (Å²) in [5.41, 5.74) is 2.48. The van der Waals surface area contributed by atoms with Gasteiger partial charge < -0.3 is 4.57 Å². The molecule has 1 heterocycles. The molecule has 2 rings (SSSR count). The summed E-state index contributed by atoms with van der Waals surface area (Å²) in [5.74, 6) is -1.45. The van der Waals surface area contributed by atoms with E-state index < -0.39 is 11.6 Å². The molecule has 1 aromatic carbocycles. The van der Waals surface area contributed by atoms with E-state index in [9.17, 15) is 13.6 Å². The lowest BCUT2D eigenvalue weighted by molar-refractivity contribution is 0.102. The first kappa shape index (κ1) is 14.7. The van der Waals surface area contributed by atoms with Gasteiger partial charge >= 0.3 is 0 Å². The number of ketones is 1. The molecule has 0 fully saturated rings. The molecule has 1 aromatic heterocycles. The molecule has 0 saturated carbocycles. The summed E-state index contributed by atoms with van der Waals surface area (Å²) < 4.78 is 28.4. The molecule has 0 N–H and O–H groups in total. The van der Waals surface area contributed by atoms with Gasteiger partial charge in [0.15, 0.2) is 5.78 Å².